The van der Waals surface area contributed by atoms with E-state index in [1.807, 2.05) is 10.7 Å². The van der Waals surface area contributed by atoms with E-state index in [9.17, 15) is 0 Å². The fraction of sp³-hybridized carbons (Fsp3) is 0.400. The molecule has 0 fully saturated rings. The third-order valence-corrected chi connectivity index (χ3v) is 3.34. The van der Waals surface area contributed by atoms with Crippen LogP contribution in [-0.2, 0) is 11.3 Å². The normalized spacial score (nSPS) is 12.6. The standard InChI is InChI=1S/C15H22N4O/c1-12-4-6-13(7-5-12)15(18-16)14-8-9-17-19(14)10-3-11-20-2/h4-9,15,18H,3,10-11,16H2,1-2H3. The van der Waals surface area contributed by atoms with Gasteiger partial charge in [0.2, 0.25) is 0 Å². The van der Waals surface area contributed by atoms with Crippen LogP contribution in [0.15, 0.2) is 36.5 Å². The van der Waals surface area contributed by atoms with Crippen molar-refractivity contribution in [1.82, 2.24) is 15.2 Å². The van der Waals surface area contributed by atoms with Crippen molar-refractivity contribution in [2.45, 2.75) is 25.9 Å². The van der Waals surface area contributed by atoms with Crippen LogP contribution in [0, 0.1) is 6.92 Å². The largest absolute Gasteiger partial charge is 0.385 e. The van der Waals surface area contributed by atoms with Crippen LogP contribution in [0.3, 0.4) is 0 Å². The molecule has 2 rings (SSSR count). The lowest BCUT2D eigenvalue weighted by Crippen LogP contribution is -2.30. The van der Waals surface area contributed by atoms with Crippen LogP contribution in [0.25, 0.3) is 0 Å². The summed E-state index contributed by atoms with van der Waals surface area (Å²) in [5.41, 5.74) is 6.31. The minimum atomic E-state index is -0.0550. The van der Waals surface area contributed by atoms with E-state index in [-0.39, 0.29) is 6.04 Å². The first-order valence-corrected chi connectivity index (χ1v) is 6.79. The number of nitrogens with two attached hydrogens (primary N) is 1. The fourth-order valence-electron chi connectivity index (χ4n) is 2.24. The first-order chi connectivity index (χ1) is 9.76. The maximum Gasteiger partial charge on any atom is 0.0878 e. The Hall–Kier alpha value is -1.69. The number of aromatic nitrogens is 2. The van der Waals surface area contributed by atoms with E-state index >= 15 is 0 Å². The van der Waals surface area contributed by atoms with Gasteiger partial charge in [0.05, 0.1) is 11.7 Å². The van der Waals surface area contributed by atoms with Crippen molar-refractivity contribution < 1.29 is 4.74 Å². The van der Waals surface area contributed by atoms with Crippen LogP contribution in [0.4, 0.5) is 0 Å². The number of nitrogens with zero attached hydrogens (tertiary/aromatic N) is 2. The summed E-state index contributed by atoms with van der Waals surface area (Å²) in [6, 6.07) is 10.3. The quantitative estimate of drug-likeness (QED) is 0.459. The van der Waals surface area contributed by atoms with Crippen LogP contribution in [0.1, 0.15) is 29.3 Å². The number of aryl methyl sites for hydroxylation is 2. The van der Waals surface area contributed by atoms with Crippen molar-refractivity contribution in [3.8, 4) is 0 Å². The Labute approximate surface area is 119 Å². The molecule has 0 bridgehead atoms. The molecule has 0 amide bonds. The highest BCUT2D eigenvalue weighted by molar-refractivity contribution is 5.30. The molecule has 0 aliphatic heterocycles. The van der Waals surface area contributed by atoms with E-state index in [1.165, 1.54) is 5.56 Å². The minimum absolute atomic E-state index is 0.0550. The third kappa shape index (κ3) is 3.45. The highest BCUT2D eigenvalue weighted by Crippen LogP contribution is 2.21. The van der Waals surface area contributed by atoms with E-state index < -0.39 is 0 Å². The summed E-state index contributed by atoms with van der Waals surface area (Å²) in [6.45, 7) is 3.62. The summed E-state index contributed by atoms with van der Waals surface area (Å²) < 4.78 is 7.06. The molecule has 0 spiro atoms. The molecule has 1 aromatic heterocycles. The second-order valence-corrected chi connectivity index (χ2v) is 4.84. The smallest absolute Gasteiger partial charge is 0.0878 e. The molecular weight excluding hydrogens is 252 g/mol. The second kappa shape index (κ2) is 7.19. The van der Waals surface area contributed by atoms with Gasteiger partial charge in [-0.2, -0.15) is 5.10 Å². The molecule has 1 atom stereocenters. The lowest BCUT2D eigenvalue weighted by atomic mass is 10.0. The monoisotopic (exact) mass is 274 g/mol. The summed E-state index contributed by atoms with van der Waals surface area (Å²) in [5, 5.41) is 4.37. The highest BCUT2D eigenvalue weighted by atomic mass is 16.5. The average Bonchev–Trinajstić information content (AvgIpc) is 2.91. The summed E-state index contributed by atoms with van der Waals surface area (Å²) >= 11 is 0. The van der Waals surface area contributed by atoms with E-state index in [0.29, 0.717) is 0 Å². The Balaban J connectivity index is 2.19. The molecule has 1 aromatic carbocycles. The molecular formula is C15H22N4O. The Morgan fingerprint density at radius 2 is 2.05 bits per heavy atom. The fourth-order valence-corrected chi connectivity index (χ4v) is 2.24. The lowest BCUT2D eigenvalue weighted by molar-refractivity contribution is 0.188. The number of nitrogens with one attached hydrogen (secondary N) is 1. The van der Waals surface area contributed by atoms with Gasteiger partial charge in [0.1, 0.15) is 0 Å². The van der Waals surface area contributed by atoms with Crippen LogP contribution in [0.2, 0.25) is 0 Å². The number of ether oxygens (including phenoxy) is 1. The Morgan fingerprint density at radius 3 is 2.70 bits per heavy atom. The van der Waals surface area contributed by atoms with Gasteiger partial charge in [0.25, 0.3) is 0 Å². The predicted molar refractivity (Wildman–Crippen MR) is 79.1 cm³/mol. The molecule has 0 saturated carbocycles. The molecule has 20 heavy (non-hydrogen) atoms. The molecule has 0 saturated heterocycles. The van der Waals surface area contributed by atoms with E-state index in [4.69, 9.17) is 10.6 Å². The van der Waals surface area contributed by atoms with Gasteiger partial charge in [-0.05, 0) is 25.0 Å². The van der Waals surface area contributed by atoms with Crippen molar-refractivity contribution in [2.24, 2.45) is 5.84 Å². The van der Waals surface area contributed by atoms with Gasteiger partial charge in [-0.15, -0.1) is 0 Å². The van der Waals surface area contributed by atoms with E-state index in [0.717, 1.165) is 30.8 Å². The summed E-state index contributed by atoms with van der Waals surface area (Å²) in [7, 11) is 1.71. The molecule has 108 valence electrons. The van der Waals surface area contributed by atoms with Gasteiger partial charge in [0.15, 0.2) is 0 Å². The first-order valence-electron chi connectivity index (χ1n) is 6.79. The zero-order chi connectivity index (χ0) is 14.4. The number of hydrogen-bond donors (Lipinski definition) is 2. The van der Waals surface area contributed by atoms with Crippen LogP contribution in [0.5, 0.6) is 0 Å². The number of hydrazine groups is 1. The topological polar surface area (TPSA) is 65.1 Å². The van der Waals surface area contributed by atoms with Gasteiger partial charge >= 0.3 is 0 Å². The summed E-state index contributed by atoms with van der Waals surface area (Å²) in [6.07, 6.45) is 2.73. The second-order valence-electron chi connectivity index (χ2n) is 4.84. The van der Waals surface area contributed by atoms with E-state index in [2.05, 4.69) is 41.7 Å². The maximum atomic E-state index is 5.74. The zero-order valence-corrected chi connectivity index (χ0v) is 12.0. The van der Waals surface area contributed by atoms with Crippen LogP contribution >= 0.6 is 0 Å². The molecule has 1 unspecified atom stereocenters. The Morgan fingerprint density at radius 1 is 1.30 bits per heavy atom. The Kier molecular flexibility index (Phi) is 5.29. The van der Waals surface area contributed by atoms with Gasteiger partial charge in [0, 0.05) is 26.5 Å². The van der Waals surface area contributed by atoms with Crippen molar-refractivity contribution >= 4 is 0 Å². The molecule has 0 aliphatic rings. The van der Waals surface area contributed by atoms with Crippen molar-refractivity contribution in [3.05, 3.63) is 53.3 Å². The average molecular weight is 274 g/mol. The maximum absolute atomic E-state index is 5.74. The molecule has 5 nitrogen and oxygen atoms in total. The van der Waals surface area contributed by atoms with E-state index in [1.54, 1.807) is 13.3 Å². The molecule has 0 aliphatic carbocycles. The van der Waals surface area contributed by atoms with Gasteiger partial charge in [-0.3, -0.25) is 10.5 Å². The van der Waals surface area contributed by atoms with Gasteiger partial charge in [-0.1, -0.05) is 29.8 Å². The third-order valence-electron chi connectivity index (χ3n) is 3.34. The SMILES string of the molecule is COCCCn1nccc1C(NN)c1ccc(C)cc1. The number of methoxy groups -OCH3 is 1. The molecule has 1 heterocycles. The van der Waals surface area contributed by atoms with Crippen molar-refractivity contribution in [2.75, 3.05) is 13.7 Å². The number of rotatable bonds is 7. The molecule has 5 heteroatoms. The molecule has 2 aromatic rings. The predicted octanol–water partition coefficient (Wildman–Crippen LogP) is 1.78. The van der Waals surface area contributed by atoms with Crippen molar-refractivity contribution in [1.29, 1.82) is 0 Å². The van der Waals surface area contributed by atoms with Gasteiger partial charge in [-0.25, -0.2) is 5.43 Å². The van der Waals surface area contributed by atoms with Gasteiger partial charge < -0.3 is 4.74 Å². The number of benzene rings is 1. The zero-order valence-electron chi connectivity index (χ0n) is 12.0. The van der Waals surface area contributed by atoms with Crippen LogP contribution in [-0.4, -0.2) is 23.5 Å². The Bertz CT molecular complexity index is 521. The molecule has 3 N–H and O–H groups in total. The molecule has 0 radical (unpaired) electrons. The first kappa shape index (κ1) is 14.7. The minimum Gasteiger partial charge on any atom is -0.385 e. The summed E-state index contributed by atoms with van der Waals surface area (Å²) in [5.74, 6) is 5.74. The van der Waals surface area contributed by atoms with Crippen LogP contribution < -0.4 is 11.3 Å². The summed E-state index contributed by atoms with van der Waals surface area (Å²) in [4.78, 5) is 0. The van der Waals surface area contributed by atoms with Crippen molar-refractivity contribution in [3.63, 3.8) is 0 Å². The lowest BCUT2D eigenvalue weighted by Gasteiger charge is -2.18. The number of hydrogen-bond acceptors (Lipinski definition) is 4. The highest BCUT2D eigenvalue weighted by Gasteiger charge is 2.16.